The smallest absolute Gasteiger partial charge is 0.284 e. The molecule has 2 aliphatic rings. The van der Waals surface area contributed by atoms with E-state index in [1.807, 2.05) is 13.0 Å². The van der Waals surface area contributed by atoms with E-state index in [9.17, 15) is 18.4 Å². The minimum Gasteiger partial charge on any atom is -0.410 e. The molecule has 2 heterocycles. The molecular formula is C24H29F2N7O3. The third-order valence-electron chi connectivity index (χ3n) is 6.87. The number of halogens is 2. The van der Waals surface area contributed by atoms with Crippen LogP contribution in [0.1, 0.15) is 81.6 Å². The molecule has 3 N–H and O–H groups in total. The Kier molecular flexibility index (Phi) is 7.47. The van der Waals surface area contributed by atoms with Gasteiger partial charge >= 0.3 is 0 Å². The molecule has 0 saturated heterocycles. The molecule has 0 unspecified atom stereocenters. The number of rotatable bonds is 9. The molecule has 2 aromatic rings. The van der Waals surface area contributed by atoms with Crippen molar-refractivity contribution in [1.82, 2.24) is 25.2 Å². The Balaban J connectivity index is 1.63. The molecule has 0 aliphatic heterocycles. The fourth-order valence-corrected chi connectivity index (χ4v) is 4.76. The Labute approximate surface area is 206 Å². The summed E-state index contributed by atoms with van der Waals surface area (Å²) in [4.78, 5) is 29.4. The third kappa shape index (κ3) is 5.78. The van der Waals surface area contributed by atoms with Crippen molar-refractivity contribution >= 4 is 23.2 Å². The van der Waals surface area contributed by atoms with Crippen molar-refractivity contribution in [1.29, 1.82) is 5.26 Å². The molecule has 2 aromatic heterocycles. The average Bonchev–Trinajstić information content (AvgIpc) is 3.60. The molecule has 192 valence electrons. The summed E-state index contributed by atoms with van der Waals surface area (Å²) in [6.45, 7) is 1.94. The first-order valence-electron chi connectivity index (χ1n) is 12.2. The standard InChI is InChI=1S/C24H29F2N7O3/c1-2-3-20(34)30-21(14-4-5-14)16-10-19-29-18(13-33(19)28-12-16)22(31-23(35)17(11-27)32-36)15-6-8-24(25,26)9-7-15/h10,12-15,21-22,36H,2-9H2,1H3,(H,30,34)(H,31,35)/b32-17+/t21-,22+/m1/s1. The monoisotopic (exact) mass is 501 g/mol. The lowest BCUT2D eigenvalue weighted by atomic mass is 9.81. The number of hydrogen-bond donors (Lipinski definition) is 3. The van der Waals surface area contributed by atoms with E-state index in [1.54, 1.807) is 12.4 Å². The minimum atomic E-state index is -2.76. The zero-order chi connectivity index (χ0) is 25.9. The van der Waals surface area contributed by atoms with E-state index >= 15 is 0 Å². The number of carbonyl (C=O) groups is 2. The number of alkyl halides is 2. The van der Waals surface area contributed by atoms with Gasteiger partial charge in [0.2, 0.25) is 17.5 Å². The van der Waals surface area contributed by atoms with Crippen molar-refractivity contribution in [3.05, 3.63) is 29.7 Å². The van der Waals surface area contributed by atoms with Gasteiger partial charge in [0.15, 0.2) is 5.65 Å². The number of aromatic nitrogens is 3. The van der Waals surface area contributed by atoms with Gasteiger partial charge in [0.25, 0.3) is 5.91 Å². The van der Waals surface area contributed by atoms with Gasteiger partial charge in [0.1, 0.15) is 6.07 Å². The number of imidazole rings is 1. The Bertz CT molecular complexity index is 1190. The fraction of sp³-hybridized carbons (Fsp3) is 0.583. The van der Waals surface area contributed by atoms with Crippen molar-refractivity contribution < 1.29 is 23.6 Å². The largest absolute Gasteiger partial charge is 0.410 e. The lowest BCUT2D eigenvalue weighted by Gasteiger charge is -2.33. The van der Waals surface area contributed by atoms with E-state index in [0.717, 1.165) is 24.8 Å². The number of nitrogens with one attached hydrogen (secondary N) is 2. The summed E-state index contributed by atoms with van der Waals surface area (Å²) in [5.41, 5.74) is 0.968. The van der Waals surface area contributed by atoms with E-state index in [1.165, 1.54) is 10.6 Å². The summed E-state index contributed by atoms with van der Waals surface area (Å²) >= 11 is 0. The predicted molar refractivity (Wildman–Crippen MR) is 124 cm³/mol. The highest BCUT2D eigenvalue weighted by Gasteiger charge is 2.40. The quantitative estimate of drug-likeness (QED) is 0.273. The second kappa shape index (κ2) is 10.6. The average molecular weight is 502 g/mol. The SMILES string of the molecule is CCCC(=O)N[C@@H](c1cnn2cc([C@@H](NC(=O)/C(C#N)=N/O)C3CCC(F)(F)CC3)nc2c1)C1CC1. The van der Waals surface area contributed by atoms with Crippen LogP contribution in [0.25, 0.3) is 5.65 Å². The highest BCUT2D eigenvalue weighted by Crippen LogP contribution is 2.42. The summed E-state index contributed by atoms with van der Waals surface area (Å²) in [6, 6.07) is 2.38. The molecule has 0 bridgehead atoms. The van der Waals surface area contributed by atoms with Crippen molar-refractivity contribution in [3.63, 3.8) is 0 Å². The normalized spacial score (nSPS) is 19.9. The summed E-state index contributed by atoms with van der Waals surface area (Å²) < 4.78 is 29.1. The maximum atomic E-state index is 13.8. The lowest BCUT2D eigenvalue weighted by Crippen LogP contribution is -2.40. The molecule has 12 heteroatoms. The number of fused-ring (bicyclic) bond motifs is 1. The number of nitriles is 1. The van der Waals surface area contributed by atoms with E-state index in [0.29, 0.717) is 23.7 Å². The van der Waals surface area contributed by atoms with Gasteiger partial charge in [0, 0.05) is 19.3 Å². The Hall–Kier alpha value is -3.62. The van der Waals surface area contributed by atoms with Crippen molar-refractivity contribution in [3.8, 4) is 6.07 Å². The maximum absolute atomic E-state index is 13.8. The first-order chi connectivity index (χ1) is 17.2. The second-order valence-electron chi connectivity index (χ2n) is 9.59. The maximum Gasteiger partial charge on any atom is 0.284 e. The molecule has 36 heavy (non-hydrogen) atoms. The van der Waals surface area contributed by atoms with Gasteiger partial charge in [-0.3, -0.25) is 9.59 Å². The van der Waals surface area contributed by atoms with Crippen LogP contribution in [0.4, 0.5) is 8.78 Å². The van der Waals surface area contributed by atoms with E-state index in [-0.39, 0.29) is 43.6 Å². The van der Waals surface area contributed by atoms with Crippen molar-refractivity contribution in [2.75, 3.05) is 0 Å². The zero-order valence-corrected chi connectivity index (χ0v) is 20.0. The van der Waals surface area contributed by atoms with Gasteiger partial charge in [-0.05, 0) is 55.6 Å². The van der Waals surface area contributed by atoms with Gasteiger partial charge < -0.3 is 15.8 Å². The summed E-state index contributed by atoms with van der Waals surface area (Å²) in [5.74, 6) is -3.72. The first-order valence-corrected chi connectivity index (χ1v) is 12.2. The van der Waals surface area contributed by atoms with Crippen LogP contribution in [0, 0.1) is 23.2 Å². The van der Waals surface area contributed by atoms with Gasteiger partial charge in [-0.25, -0.2) is 18.3 Å². The summed E-state index contributed by atoms with van der Waals surface area (Å²) in [6.07, 6.45) is 6.15. The second-order valence-corrected chi connectivity index (χ2v) is 9.59. The number of amides is 2. The fourth-order valence-electron chi connectivity index (χ4n) is 4.76. The van der Waals surface area contributed by atoms with Gasteiger partial charge in [-0.15, -0.1) is 0 Å². The lowest BCUT2D eigenvalue weighted by molar-refractivity contribution is -0.122. The van der Waals surface area contributed by atoms with E-state index in [4.69, 9.17) is 10.5 Å². The minimum absolute atomic E-state index is 0.0194. The van der Waals surface area contributed by atoms with Crippen molar-refractivity contribution in [2.45, 2.75) is 76.3 Å². The molecule has 2 amide bonds. The van der Waals surface area contributed by atoms with Crippen LogP contribution >= 0.6 is 0 Å². The molecule has 0 aromatic carbocycles. The highest BCUT2D eigenvalue weighted by molar-refractivity contribution is 6.45. The number of hydrogen-bond acceptors (Lipinski definition) is 7. The molecule has 2 fully saturated rings. The summed E-state index contributed by atoms with van der Waals surface area (Å²) in [5, 5.41) is 30.9. The third-order valence-corrected chi connectivity index (χ3v) is 6.87. The number of oxime groups is 1. The van der Waals surface area contributed by atoms with Crippen LogP contribution in [0.5, 0.6) is 0 Å². The predicted octanol–water partition coefficient (Wildman–Crippen LogP) is 3.43. The van der Waals surface area contributed by atoms with Crippen LogP contribution in [0.15, 0.2) is 23.6 Å². The molecule has 0 radical (unpaired) electrons. The van der Waals surface area contributed by atoms with Gasteiger partial charge in [-0.1, -0.05) is 12.1 Å². The van der Waals surface area contributed by atoms with Crippen LogP contribution < -0.4 is 10.6 Å². The molecule has 2 atom stereocenters. The number of nitrogens with zero attached hydrogens (tertiary/aromatic N) is 5. The molecular weight excluding hydrogens is 472 g/mol. The van der Waals surface area contributed by atoms with Crippen LogP contribution in [0.3, 0.4) is 0 Å². The van der Waals surface area contributed by atoms with Crippen LogP contribution in [0.2, 0.25) is 0 Å². The Morgan fingerprint density at radius 2 is 1.94 bits per heavy atom. The zero-order valence-electron chi connectivity index (χ0n) is 20.0. The summed E-state index contributed by atoms with van der Waals surface area (Å²) in [7, 11) is 0. The van der Waals surface area contributed by atoms with E-state index < -0.39 is 23.6 Å². The van der Waals surface area contributed by atoms with Crippen molar-refractivity contribution in [2.24, 2.45) is 17.0 Å². The van der Waals surface area contributed by atoms with Crippen LogP contribution in [-0.2, 0) is 9.59 Å². The van der Waals surface area contributed by atoms with Gasteiger partial charge in [-0.2, -0.15) is 10.4 Å². The molecule has 2 aliphatic carbocycles. The molecule has 0 spiro atoms. The highest BCUT2D eigenvalue weighted by atomic mass is 19.3. The van der Waals surface area contributed by atoms with Gasteiger partial charge in [0.05, 0.1) is 30.2 Å². The molecule has 4 rings (SSSR count). The number of carbonyl (C=O) groups excluding carboxylic acids is 2. The first kappa shape index (κ1) is 25.5. The van der Waals surface area contributed by atoms with E-state index in [2.05, 4.69) is 25.9 Å². The Morgan fingerprint density at radius 3 is 2.56 bits per heavy atom. The topological polar surface area (TPSA) is 145 Å². The Morgan fingerprint density at radius 1 is 1.25 bits per heavy atom. The molecule has 2 saturated carbocycles. The van der Waals surface area contributed by atoms with Crippen LogP contribution in [-0.4, -0.2) is 43.3 Å². The molecule has 10 nitrogen and oxygen atoms in total.